The van der Waals surface area contributed by atoms with Crippen molar-refractivity contribution in [3.63, 3.8) is 0 Å². The molecule has 1 atom stereocenters. The third-order valence-corrected chi connectivity index (χ3v) is 5.42. The average molecular weight is 376 g/mol. The van der Waals surface area contributed by atoms with E-state index in [1.165, 1.54) is 89.9 Å². The fourth-order valence-corrected chi connectivity index (χ4v) is 3.52. The number of hydrogen-bond donors (Lipinski definition) is 0. The summed E-state index contributed by atoms with van der Waals surface area (Å²) in [6, 6.07) is 0.737. The zero-order chi connectivity index (χ0) is 20.0. The Labute approximate surface area is 172 Å². The molecule has 0 bridgehead atoms. The van der Waals surface area contributed by atoms with Gasteiger partial charge in [-0.3, -0.25) is 0 Å². The summed E-state index contributed by atoms with van der Waals surface area (Å²) in [5, 5.41) is 0. The average Bonchev–Trinajstić information content (AvgIpc) is 2.66. The van der Waals surface area contributed by atoms with Crippen LogP contribution in [0, 0.1) is 0 Å². The van der Waals surface area contributed by atoms with E-state index in [2.05, 4.69) is 62.9 Å². The van der Waals surface area contributed by atoms with E-state index in [-0.39, 0.29) is 0 Å². The minimum Gasteiger partial charge on any atom is -0.306 e. The van der Waals surface area contributed by atoms with Crippen LogP contribution < -0.4 is 0 Å². The second kappa shape index (κ2) is 21.5. The number of allylic oxidation sites excluding steroid dienone is 5. The fraction of sp³-hybridized carbons (Fsp3) is 0.769. The van der Waals surface area contributed by atoms with Gasteiger partial charge in [-0.2, -0.15) is 0 Å². The summed E-state index contributed by atoms with van der Waals surface area (Å²) in [6.45, 7) is 6.11. The van der Waals surface area contributed by atoms with Crippen LogP contribution in [0.25, 0.3) is 0 Å². The SMILES string of the molecule is C=CCCC(CCCCCCCCCC=CC/C=C\CCCCC)N(C)C. The molecule has 0 saturated carbocycles. The Kier molecular flexibility index (Phi) is 20.8. The topological polar surface area (TPSA) is 3.24 Å². The van der Waals surface area contributed by atoms with E-state index < -0.39 is 0 Å². The number of hydrogen-bond acceptors (Lipinski definition) is 1. The predicted molar refractivity (Wildman–Crippen MR) is 125 cm³/mol. The summed E-state index contributed by atoms with van der Waals surface area (Å²) in [6.07, 6.45) is 32.7. The van der Waals surface area contributed by atoms with Crippen molar-refractivity contribution in [1.82, 2.24) is 4.90 Å². The molecule has 27 heavy (non-hydrogen) atoms. The fourth-order valence-electron chi connectivity index (χ4n) is 3.52. The Bertz CT molecular complexity index is 353. The van der Waals surface area contributed by atoms with Gasteiger partial charge in [-0.25, -0.2) is 0 Å². The van der Waals surface area contributed by atoms with E-state index in [4.69, 9.17) is 0 Å². The van der Waals surface area contributed by atoms with Crippen molar-refractivity contribution in [2.45, 2.75) is 116 Å². The summed E-state index contributed by atoms with van der Waals surface area (Å²) in [5.74, 6) is 0. The molecular formula is C26H49N. The molecule has 1 unspecified atom stereocenters. The second-order valence-corrected chi connectivity index (χ2v) is 8.21. The third-order valence-electron chi connectivity index (χ3n) is 5.42. The molecule has 0 fully saturated rings. The molecule has 0 radical (unpaired) electrons. The molecule has 0 aliphatic heterocycles. The van der Waals surface area contributed by atoms with Crippen LogP contribution in [0.5, 0.6) is 0 Å². The van der Waals surface area contributed by atoms with Gasteiger partial charge in [-0.1, -0.05) is 88.7 Å². The molecule has 0 aromatic carbocycles. The normalized spacial score (nSPS) is 13.2. The first-order valence-corrected chi connectivity index (χ1v) is 11.8. The smallest absolute Gasteiger partial charge is 0.00921 e. The van der Waals surface area contributed by atoms with Gasteiger partial charge in [-0.05, 0) is 65.5 Å². The van der Waals surface area contributed by atoms with E-state index in [1.807, 2.05) is 0 Å². The lowest BCUT2D eigenvalue weighted by atomic mass is 10.0. The van der Waals surface area contributed by atoms with Crippen LogP contribution in [-0.4, -0.2) is 25.0 Å². The molecule has 0 aliphatic carbocycles. The van der Waals surface area contributed by atoms with E-state index in [1.54, 1.807) is 0 Å². The van der Waals surface area contributed by atoms with E-state index >= 15 is 0 Å². The standard InChI is InChI=1S/C26H49N/c1-5-7-9-10-11-12-13-14-15-16-17-18-19-20-21-22-23-25-26(27(3)4)24-8-6-2/h6,11-12,14-15,26H,2,5,7-10,13,16-25H2,1,3-4H3/b12-11-,15-14?. The zero-order valence-corrected chi connectivity index (χ0v) is 18.9. The second-order valence-electron chi connectivity index (χ2n) is 8.21. The molecule has 0 N–H and O–H groups in total. The summed E-state index contributed by atoms with van der Waals surface area (Å²) in [7, 11) is 4.43. The van der Waals surface area contributed by atoms with Crippen molar-refractivity contribution in [1.29, 1.82) is 0 Å². The Morgan fingerprint density at radius 1 is 0.667 bits per heavy atom. The molecule has 1 nitrogen and oxygen atoms in total. The van der Waals surface area contributed by atoms with Crippen LogP contribution in [0.15, 0.2) is 37.0 Å². The molecule has 1 heteroatoms. The highest BCUT2D eigenvalue weighted by Gasteiger charge is 2.09. The molecule has 158 valence electrons. The Balaban J connectivity index is 3.37. The van der Waals surface area contributed by atoms with Crippen LogP contribution in [0.2, 0.25) is 0 Å². The lowest BCUT2D eigenvalue weighted by Crippen LogP contribution is -2.27. The molecule has 0 aromatic rings. The monoisotopic (exact) mass is 375 g/mol. The first-order valence-electron chi connectivity index (χ1n) is 11.8. The largest absolute Gasteiger partial charge is 0.306 e. The third kappa shape index (κ3) is 19.7. The minimum atomic E-state index is 0.737. The Morgan fingerprint density at radius 2 is 1.22 bits per heavy atom. The number of unbranched alkanes of at least 4 members (excludes halogenated alkanes) is 10. The van der Waals surface area contributed by atoms with Gasteiger partial charge >= 0.3 is 0 Å². The molecule has 0 heterocycles. The van der Waals surface area contributed by atoms with Crippen LogP contribution >= 0.6 is 0 Å². The van der Waals surface area contributed by atoms with Gasteiger partial charge < -0.3 is 4.90 Å². The maximum atomic E-state index is 3.85. The summed E-state index contributed by atoms with van der Waals surface area (Å²) in [5.41, 5.74) is 0. The van der Waals surface area contributed by atoms with Crippen molar-refractivity contribution in [3.8, 4) is 0 Å². The van der Waals surface area contributed by atoms with Crippen LogP contribution in [0.1, 0.15) is 110 Å². The maximum Gasteiger partial charge on any atom is 0.00921 e. The zero-order valence-electron chi connectivity index (χ0n) is 18.9. The van der Waals surface area contributed by atoms with Crippen LogP contribution in [0.3, 0.4) is 0 Å². The van der Waals surface area contributed by atoms with Gasteiger partial charge in [0.05, 0.1) is 0 Å². The molecule has 0 rings (SSSR count). The van der Waals surface area contributed by atoms with Crippen molar-refractivity contribution in [3.05, 3.63) is 37.0 Å². The first kappa shape index (κ1) is 26.2. The van der Waals surface area contributed by atoms with Gasteiger partial charge in [-0.15, -0.1) is 6.58 Å². The van der Waals surface area contributed by atoms with Gasteiger partial charge in [0.2, 0.25) is 0 Å². The van der Waals surface area contributed by atoms with Crippen molar-refractivity contribution < 1.29 is 0 Å². The molecule has 0 aliphatic rings. The quantitative estimate of drug-likeness (QED) is 0.152. The molecule has 0 spiro atoms. The highest BCUT2D eigenvalue weighted by Crippen LogP contribution is 2.15. The van der Waals surface area contributed by atoms with Gasteiger partial charge in [0, 0.05) is 6.04 Å². The first-order chi connectivity index (χ1) is 13.2. The Morgan fingerprint density at radius 3 is 1.78 bits per heavy atom. The molecular weight excluding hydrogens is 326 g/mol. The van der Waals surface area contributed by atoms with E-state index in [9.17, 15) is 0 Å². The maximum absolute atomic E-state index is 3.85. The highest BCUT2D eigenvalue weighted by atomic mass is 15.1. The predicted octanol–water partition coefficient (Wildman–Crippen LogP) is 8.48. The lowest BCUT2D eigenvalue weighted by molar-refractivity contribution is 0.259. The lowest BCUT2D eigenvalue weighted by Gasteiger charge is -2.23. The van der Waals surface area contributed by atoms with Crippen molar-refractivity contribution in [2.24, 2.45) is 0 Å². The summed E-state index contributed by atoms with van der Waals surface area (Å²) < 4.78 is 0. The van der Waals surface area contributed by atoms with E-state index in [0.29, 0.717) is 0 Å². The summed E-state index contributed by atoms with van der Waals surface area (Å²) >= 11 is 0. The van der Waals surface area contributed by atoms with Crippen LogP contribution in [-0.2, 0) is 0 Å². The molecule has 0 saturated heterocycles. The van der Waals surface area contributed by atoms with Gasteiger partial charge in [0.15, 0.2) is 0 Å². The number of rotatable bonds is 20. The molecule has 0 amide bonds. The Hall–Kier alpha value is -0.820. The molecule has 0 aromatic heterocycles. The highest BCUT2D eigenvalue weighted by molar-refractivity contribution is 4.92. The van der Waals surface area contributed by atoms with E-state index in [0.717, 1.165) is 18.9 Å². The number of nitrogens with zero attached hydrogens (tertiary/aromatic N) is 1. The van der Waals surface area contributed by atoms with Gasteiger partial charge in [0.25, 0.3) is 0 Å². The van der Waals surface area contributed by atoms with Crippen molar-refractivity contribution >= 4 is 0 Å². The van der Waals surface area contributed by atoms with Crippen LogP contribution in [0.4, 0.5) is 0 Å². The van der Waals surface area contributed by atoms with Gasteiger partial charge in [0.1, 0.15) is 0 Å². The summed E-state index contributed by atoms with van der Waals surface area (Å²) in [4.78, 5) is 2.39. The minimum absolute atomic E-state index is 0.737. The van der Waals surface area contributed by atoms with Crippen molar-refractivity contribution in [2.75, 3.05) is 14.1 Å².